The molecule has 4 rings (SSSR count). The molecule has 1 aromatic heterocycles. The summed E-state index contributed by atoms with van der Waals surface area (Å²) in [6, 6.07) is 2.80. The van der Waals surface area contributed by atoms with E-state index in [1.54, 1.807) is 6.07 Å². The lowest BCUT2D eigenvalue weighted by molar-refractivity contribution is 0.0152. The molecule has 2 aliphatic heterocycles. The lowest BCUT2D eigenvalue weighted by atomic mass is 9.76. The summed E-state index contributed by atoms with van der Waals surface area (Å²) in [5, 5.41) is 16.7. The van der Waals surface area contributed by atoms with Crippen LogP contribution in [0.25, 0.3) is 0 Å². The molecule has 0 aliphatic carbocycles. The Bertz CT molecular complexity index is 1050. The minimum atomic E-state index is -1.34. The van der Waals surface area contributed by atoms with Gasteiger partial charge in [-0.2, -0.15) is 5.10 Å². The highest BCUT2D eigenvalue weighted by Gasteiger charge is 2.39. The van der Waals surface area contributed by atoms with Crippen LogP contribution in [0, 0.1) is 11.2 Å². The highest BCUT2D eigenvalue weighted by atomic mass is 35.5. The molecule has 2 aliphatic rings. The van der Waals surface area contributed by atoms with Gasteiger partial charge in [-0.1, -0.05) is 24.6 Å². The third kappa shape index (κ3) is 4.26. The Balaban J connectivity index is 1.56. The number of benzene rings is 1. The first kappa shape index (κ1) is 22.7. The van der Waals surface area contributed by atoms with Gasteiger partial charge in [-0.05, 0) is 55.6 Å². The molecule has 1 saturated heterocycles. The zero-order chi connectivity index (χ0) is 22.9. The number of carbonyl (C=O) groups is 2. The van der Waals surface area contributed by atoms with Crippen LogP contribution in [0.15, 0.2) is 12.1 Å². The van der Waals surface area contributed by atoms with Crippen molar-refractivity contribution < 1.29 is 23.8 Å². The van der Waals surface area contributed by atoms with Gasteiger partial charge in [-0.25, -0.2) is 9.18 Å². The summed E-state index contributed by atoms with van der Waals surface area (Å²) in [7, 11) is 0. The molecule has 1 amide bonds. The van der Waals surface area contributed by atoms with Crippen LogP contribution in [-0.2, 0) is 30.5 Å². The zero-order valence-corrected chi connectivity index (χ0v) is 18.8. The number of amides is 1. The first-order chi connectivity index (χ1) is 15.3. The van der Waals surface area contributed by atoms with Crippen molar-refractivity contribution >= 4 is 23.5 Å². The number of nitrogens with zero attached hydrogens (tertiary/aromatic N) is 2. The lowest BCUT2D eigenvalue weighted by Gasteiger charge is -2.36. The third-order valence-electron chi connectivity index (χ3n) is 6.62. The van der Waals surface area contributed by atoms with E-state index >= 15 is 0 Å². The minimum absolute atomic E-state index is 0.0267. The van der Waals surface area contributed by atoms with Crippen molar-refractivity contribution in [2.45, 2.75) is 52.0 Å². The monoisotopic (exact) mass is 463 g/mol. The second kappa shape index (κ2) is 9.19. The quantitative estimate of drug-likeness (QED) is 0.682. The fourth-order valence-electron chi connectivity index (χ4n) is 4.72. The van der Waals surface area contributed by atoms with E-state index in [4.69, 9.17) is 26.5 Å². The van der Waals surface area contributed by atoms with E-state index in [9.17, 15) is 14.0 Å². The molecule has 1 spiro atoms. The molecule has 2 aromatic rings. The van der Waals surface area contributed by atoms with Crippen LogP contribution in [0.1, 0.15) is 63.9 Å². The van der Waals surface area contributed by atoms with Crippen molar-refractivity contribution in [3.63, 3.8) is 0 Å². The minimum Gasteiger partial charge on any atom is -0.478 e. The van der Waals surface area contributed by atoms with E-state index in [0.717, 1.165) is 30.7 Å². The number of carbonyl (C=O) groups excluding carboxylic acids is 1. The molecule has 0 atom stereocenters. The zero-order valence-electron chi connectivity index (χ0n) is 18.0. The third-order valence-corrected chi connectivity index (χ3v) is 7.03. The van der Waals surface area contributed by atoms with E-state index in [-0.39, 0.29) is 16.3 Å². The Hall–Kier alpha value is -2.45. The predicted octanol–water partition coefficient (Wildman–Crippen LogP) is 3.65. The Labute approximate surface area is 190 Å². The van der Waals surface area contributed by atoms with Gasteiger partial charge in [0.25, 0.3) is 5.91 Å². The number of aromatic nitrogens is 2. The van der Waals surface area contributed by atoms with Crippen molar-refractivity contribution in [3.05, 3.63) is 51.1 Å². The van der Waals surface area contributed by atoms with E-state index in [1.807, 2.05) is 11.6 Å². The summed E-state index contributed by atoms with van der Waals surface area (Å²) in [4.78, 5) is 24.0. The molecule has 1 fully saturated rings. The Morgan fingerprint density at radius 3 is 2.81 bits per heavy atom. The molecule has 172 valence electrons. The predicted molar refractivity (Wildman–Crippen MR) is 117 cm³/mol. The van der Waals surface area contributed by atoms with Crippen molar-refractivity contribution in [1.82, 2.24) is 15.1 Å². The van der Waals surface area contributed by atoms with Crippen LogP contribution < -0.4 is 5.32 Å². The first-order valence-electron chi connectivity index (χ1n) is 11.0. The molecular formula is C23H27ClFN3O4. The van der Waals surface area contributed by atoms with Crippen LogP contribution in [0.4, 0.5) is 4.39 Å². The number of rotatable bonds is 6. The summed E-state index contributed by atoms with van der Waals surface area (Å²) < 4.78 is 21.7. The number of aromatic carboxylic acids is 1. The van der Waals surface area contributed by atoms with E-state index in [0.29, 0.717) is 56.7 Å². The van der Waals surface area contributed by atoms with Crippen molar-refractivity contribution in [1.29, 1.82) is 0 Å². The highest BCUT2D eigenvalue weighted by Crippen LogP contribution is 2.37. The Kier molecular flexibility index (Phi) is 6.53. The van der Waals surface area contributed by atoms with Crippen LogP contribution in [-0.4, -0.2) is 46.5 Å². The Morgan fingerprint density at radius 2 is 2.12 bits per heavy atom. The summed E-state index contributed by atoms with van der Waals surface area (Å²) in [6.45, 7) is 4.56. The van der Waals surface area contributed by atoms with Gasteiger partial charge < -0.3 is 15.2 Å². The SMILES string of the molecule is CCc1nn(CCCc2ccc(C(=O)O)c(F)c2Cl)c2c1C(=O)NCC1(CCOCC1)C2. The number of hydrogen-bond donors (Lipinski definition) is 2. The van der Waals surface area contributed by atoms with Crippen LogP contribution in [0.2, 0.25) is 5.02 Å². The fraction of sp³-hybridized carbons (Fsp3) is 0.522. The largest absolute Gasteiger partial charge is 0.478 e. The number of carboxylic acid groups (broad SMARTS) is 1. The number of halogens is 2. The number of carboxylic acids is 1. The van der Waals surface area contributed by atoms with Gasteiger partial charge in [-0.3, -0.25) is 9.48 Å². The molecule has 3 heterocycles. The van der Waals surface area contributed by atoms with Crippen molar-refractivity contribution in [3.8, 4) is 0 Å². The molecule has 9 heteroatoms. The maximum Gasteiger partial charge on any atom is 0.338 e. The van der Waals surface area contributed by atoms with Gasteiger partial charge in [0, 0.05) is 26.3 Å². The molecule has 0 unspecified atom stereocenters. The Morgan fingerprint density at radius 1 is 1.38 bits per heavy atom. The van der Waals surface area contributed by atoms with Gasteiger partial charge in [0.2, 0.25) is 0 Å². The maximum atomic E-state index is 14.2. The average Bonchev–Trinajstić information content (AvgIpc) is 3.05. The molecule has 32 heavy (non-hydrogen) atoms. The lowest BCUT2D eigenvalue weighted by Crippen LogP contribution is -2.40. The van der Waals surface area contributed by atoms with E-state index < -0.39 is 17.3 Å². The maximum absolute atomic E-state index is 14.2. The average molecular weight is 464 g/mol. The van der Waals surface area contributed by atoms with Gasteiger partial charge in [0.05, 0.1) is 27.5 Å². The van der Waals surface area contributed by atoms with Gasteiger partial charge in [0.1, 0.15) is 0 Å². The van der Waals surface area contributed by atoms with E-state index in [1.165, 1.54) is 6.07 Å². The molecule has 1 aromatic carbocycles. The van der Waals surface area contributed by atoms with Gasteiger partial charge >= 0.3 is 5.97 Å². The van der Waals surface area contributed by atoms with Gasteiger partial charge in [0.15, 0.2) is 5.82 Å². The summed E-state index contributed by atoms with van der Waals surface area (Å²) >= 11 is 6.08. The molecule has 0 saturated carbocycles. The van der Waals surface area contributed by atoms with Crippen LogP contribution in [0.5, 0.6) is 0 Å². The highest BCUT2D eigenvalue weighted by molar-refractivity contribution is 6.31. The van der Waals surface area contributed by atoms with E-state index in [2.05, 4.69) is 5.32 Å². The molecule has 7 nitrogen and oxygen atoms in total. The number of nitrogens with one attached hydrogen (secondary N) is 1. The number of aryl methyl sites for hydroxylation is 3. The normalized spacial score (nSPS) is 17.7. The summed E-state index contributed by atoms with van der Waals surface area (Å²) in [5.41, 5.74) is 2.53. The summed E-state index contributed by atoms with van der Waals surface area (Å²) in [5.74, 6) is -2.32. The standard InChI is InChI=1S/C23H27ClFN3O4/c1-2-16-18-17(12-23(13-26-21(18)29)7-10-32-11-8-23)28(27-16)9-3-4-14-5-6-15(22(30)31)20(25)19(14)24/h5-6H,2-4,7-13H2,1H3,(H,26,29)(H,30,31). The number of ether oxygens (including phenoxy) is 1. The second-order valence-electron chi connectivity index (χ2n) is 8.63. The second-order valence-corrected chi connectivity index (χ2v) is 9.00. The number of hydrogen-bond acceptors (Lipinski definition) is 4. The van der Waals surface area contributed by atoms with Gasteiger partial charge in [-0.15, -0.1) is 0 Å². The molecule has 0 bridgehead atoms. The molecular weight excluding hydrogens is 437 g/mol. The van der Waals surface area contributed by atoms with Crippen LogP contribution >= 0.6 is 11.6 Å². The van der Waals surface area contributed by atoms with Crippen LogP contribution in [0.3, 0.4) is 0 Å². The fourth-order valence-corrected chi connectivity index (χ4v) is 4.98. The molecule has 0 radical (unpaired) electrons. The molecule has 2 N–H and O–H groups in total. The first-order valence-corrected chi connectivity index (χ1v) is 11.4. The van der Waals surface area contributed by atoms with Crippen molar-refractivity contribution in [2.24, 2.45) is 5.41 Å². The smallest absolute Gasteiger partial charge is 0.338 e. The number of fused-ring (bicyclic) bond motifs is 1. The summed E-state index contributed by atoms with van der Waals surface area (Å²) in [6.07, 6.45) is 4.30. The van der Waals surface area contributed by atoms with Crippen molar-refractivity contribution in [2.75, 3.05) is 19.8 Å². The topological polar surface area (TPSA) is 93.5 Å².